The second-order valence-corrected chi connectivity index (χ2v) is 21.7. The molecular formula is C46H92S6. The first kappa shape index (κ1) is 54.1. The van der Waals surface area contributed by atoms with Crippen LogP contribution in [0.3, 0.4) is 0 Å². The number of hydrogen-bond donors (Lipinski definition) is 6. The lowest BCUT2D eigenvalue weighted by molar-refractivity contribution is 0.148. The van der Waals surface area contributed by atoms with Gasteiger partial charge in [0.05, 0.1) is 0 Å². The number of unbranched alkanes of at least 4 members (excludes halogenated alkanes) is 12. The molecule has 0 N–H and O–H groups in total. The molecule has 0 spiro atoms. The van der Waals surface area contributed by atoms with E-state index in [0.717, 1.165) is 62.2 Å². The van der Waals surface area contributed by atoms with Gasteiger partial charge in [-0.3, -0.25) is 0 Å². The summed E-state index contributed by atoms with van der Waals surface area (Å²) >= 11 is 32.7. The molecule has 5 atom stereocenters. The minimum atomic E-state index is -0.254. The topological polar surface area (TPSA) is 0 Å². The monoisotopic (exact) mass is 837 g/mol. The molecule has 0 heterocycles. The summed E-state index contributed by atoms with van der Waals surface area (Å²) in [5, 5.41) is 2.03. The van der Waals surface area contributed by atoms with Crippen LogP contribution in [-0.4, -0.2) is 21.0 Å². The van der Waals surface area contributed by atoms with Crippen LogP contribution in [0, 0.1) is 46.0 Å². The van der Waals surface area contributed by atoms with Crippen molar-refractivity contribution in [3.63, 3.8) is 0 Å². The maximum Gasteiger partial charge on any atom is 0.0486 e. The highest BCUT2D eigenvalue weighted by molar-refractivity contribution is 7.87. The molecule has 0 saturated heterocycles. The van der Waals surface area contributed by atoms with Gasteiger partial charge in [-0.1, -0.05) is 184 Å². The quantitative estimate of drug-likeness (QED) is 0.0261. The molecule has 0 amide bonds. The van der Waals surface area contributed by atoms with Gasteiger partial charge in [0.2, 0.25) is 0 Å². The Labute approximate surface area is 362 Å². The molecule has 0 aliphatic rings. The van der Waals surface area contributed by atoms with E-state index in [9.17, 15) is 0 Å². The second-order valence-electron chi connectivity index (χ2n) is 18.3. The highest BCUT2D eigenvalue weighted by atomic mass is 32.1. The summed E-state index contributed by atoms with van der Waals surface area (Å²) in [6.45, 7) is 18.8. The standard InChI is InChI=1S/C46H92S6/c1-36(2)26-17-9-13-21-31-41(48)40(30-25-35-47)46(43(50)33-23-15-11-19-28-38(5)6,44(51)34-24-16-12-20-29-39(7)8)45(52)42(49)32-22-14-10-18-27-37(3)4/h35-44,47-52H,9-34H2,1-8H3. The Morgan fingerprint density at radius 3 is 1.06 bits per heavy atom. The van der Waals surface area contributed by atoms with Gasteiger partial charge in [0.25, 0.3) is 0 Å². The summed E-state index contributed by atoms with van der Waals surface area (Å²) < 4.78 is 0. The van der Waals surface area contributed by atoms with E-state index in [1.807, 2.05) is 0 Å². The molecule has 0 nitrogen and oxygen atoms in total. The Bertz CT molecular complexity index is 744. The van der Waals surface area contributed by atoms with Gasteiger partial charge >= 0.3 is 0 Å². The van der Waals surface area contributed by atoms with Gasteiger partial charge in [0.1, 0.15) is 0 Å². The molecule has 0 bridgehead atoms. The molecule has 0 aromatic rings. The van der Waals surface area contributed by atoms with Crippen LogP contribution >= 0.6 is 75.8 Å². The molecule has 0 aliphatic carbocycles. The lowest BCUT2D eigenvalue weighted by atomic mass is 9.61. The molecule has 52 heavy (non-hydrogen) atoms. The van der Waals surface area contributed by atoms with Crippen LogP contribution < -0.4 is 0 Å². The van der Waals surface area contributed by atoms with E-state index in [2.05, 4.69) is 73.8 Å². The Morgan fingerprint density at radius 2 is 0.731 bits per heavy atom. The third-order valence-electron chi connectivity index (χ3n) is 11.6. The summed E-state index contributed by atoms with van der Waals surface area (Å²) in [7, 11) is 0. The van der Waals surface area contributed by atoms with Gasteiger partial charge < -0.3 is 0 Å². The van der Waals surface area contributed by atoms with E-state index < -0.39 is 0 Å². The van der Waals surface area contributed by atoms with E-state index in [0.29, 0.717) is 5.92 Å². The van der Waals surface area contributed by atoms with Gasteiger partial charge in [-0.2, -0.15) is 75.8 Å². The highest BCUT2D eigenvalue weighted by Gasteiger charge is 2.55. The smallest absolute Gasteiger partial charge is 0.0486 e. The van der Waals surface area contributed by atoms with Crippen molar-refractivity contribution in [3.05, 3.63) is 11.0 Å². The van der Waals surface area contributed by atoms with Crippen molar-refractivity contribution >= 4 is 75.8 Å². The molecule has 0 saturated carbocycles. The molecule has 5 unspecified atom stereocenters. The predicted molar refractivity (Wildman–Crippen MR) is 262 cm³/mol. The molecule has 0 fully saturated rings. The van der Waals surface area contributed by atoms with Gasteiger partial charge in [-0.15, -0.1) is 0 Å². The minimum absolute atomic E-state index is 0.133. The average molecular weight is 838 g/mol. The van der Waals surface area contributed by atoms with Crippen LogP contribution in [0.25, 0.3) is 0 Å². The van der Waals surface area contributed by atoms with Crippen LogP contribution in [0.1, 0.15) is 222 Å². The third kappa shape index (κ3) is 24.8. The third-order valence-corrected chi connectivity index (χ3v) is 15.3. The molecule has 0 rings (SSSR count). The zero-order chi connectivity index (χ0) is 39.4. The zero-order valence-corrected chi connectivity index (χ0v) is 41.2. The highest BCUT2D eigenvalue weighted by Crippen LogP contribution is 2.58. The molecular weight excluding hydrogens is 745 g/mol. The molecule has 6 heteroatoms. The summed E-state index contributed by atoms with van der Waals surface area (Å²) in [6, 6.07) is 0. The van der Waals surface area contributed by atoms with Gasteiger partial charge in [0.15, 0.2) is 0 Å². The van der Waals surface area contributed by atoms with E-state index >= 15 is 0 Å². The Kier molecular flexibility index (Phi) is 35.4. The molecule has 312 valence electrons. The maximum atomic E-state index is 5.70. The lowest BCUT2D eigenvalue weighted by Gasteiger charge is -2.55. The minimum Gasteiger partial charge on any atom is -0.176 e. The van der Waals surface area contributed by atoms with Crippen molar-refractivity contribution in [2.45, 2.75) is 243 Å². The number of rotatable bonds is 37. The van der Waals surface area contributed by atoms with Gasteiger partial charge in [-0.25, -0.2) is 0 Å². The predicted octanol–water partition coefficient (Wildman–Crippen LogP) is 17.1. The van der Waals surface area contributed by atoms with Crippen molar-refractivity contribution in [1.29, 1.82) is 0 Å². The van der Waals surface area contributed by atoms with Crippen LogP contribution in [0.15, 0.2) is 0 Å². The van der Waals surface area contributed by atoms with E-state index in [1.165, 1.54) is 134 Å². The first-order valence-corrected chi connectivity index (χ1v) is 25.5. The molecule has 0 aliphatic heterocycles. The van der Waals surface area contributed by atoms with Crippen molar-refractivity contribution in [1.82, 2.24) is 0 Å². The normalized spacial score (nSPS) is 16.7. The fourth-order valence-corrected chi connectivity index (χ4v) is 11.8. The molecule has 2 radical (unpaired) electrons. The van der Waals surface area contributed by atoms with E-state index in [1.54, 1.807) is 0 Å². The van der Waals surface area contributed by atoms with Crippen molar-refractivity contribution in [2.24, 2.45) is 35.0 Å². The fourth-order valence-electron chi connectivity index (χ4n) is 8.35. The number of thiol groups is 6. The molecule has 0 aromatic heterocycles. The summed E-state index contributed by atoms with van der Waals surface area (Å²) in [5.41, 5.74) is -0.254. The van der Waals surface area contributed by atoms with E-state index in [-0.39, 0.29) is 26.4 Å². The lowest BCUT2D eigenvalue weighted by Crippen LogP contribution is -2.54. The Morgan fingerprint density at radius 1 is 0.423 bits per heavy atom. The molecule has 0 aromatic carbocycles. The van der Waals surface area contributed by atoms with Crippen LogP contribution in [0.4, 0.5) is 0 Å². The maximum absolute atomic E-state index is 5.70. The van der Waals surface area contributed by atoms with Crippen molar-refractivity contribution in [2.75, 3.05) is 0 Å². The van der Waals surface area contributed by atoms with Crippen molar-refractivity contribution < 1.29 is 0 Å². The van der Waals surface area contributed by atoms with Crippen LogP contribution in [0.2, 0.25) is 0 Å². The van der Waals surface area contributed by atoms with Gasteiger partial charge in [-0.05, 0) is 68.1 Å². The first-order valence-electron chi connectivity index (χ1n) is 22.5. The number of hydrogen-bond acceptors (Lipinski definition) is 6. The largest absolute Gasteiger partial charge is 0.176 e. The second kappa shape index (κ2) is 34.0. The first-order chi connectivity index (χ1) is 24.7. The zero-order valence-electron chi connectivity index (χ0n) is 35.8. The van der Waals surface area contributed by atoms with Crippen LogP contribution in [0.5, 0.6) is 0 Å². The van der Waals surface area contributed by atoms with Crippen LogP contribution in [-0.2, 0) is 0 Å². The average Bonchev–Trinajstić information content (AvgIpc) is 3.08. The van der Waals surface area contributed by atoms with Crippen molar-refractivity contribution in [3.8, 4) is 0 Å². The summed E-state index contributed by atoms with van der Waals surface area (Å²) in [6.07, 6.45) is 32.5. The fraction of sp³-hybridized carbons (Fsp3) is 0.957. The Balaban J connectivity index is 6.47. The van der Waals surface area contributed by atoms with E-state index in [4.69, 9.17) is 63.1 Å². The summed E-state index contributed by atoms with van der Waals surface area (Å²) in [4.78, 5) is 0. The Hall–Kier alpha value is 2.10. The van der Waals surface area contributed by atoms with Gasteiger partial charge in [0, 0.05) is 37.4 Å². The SMILES string of the molecule is CC(C)CCCCCCC(S)[C](S)C(C(S)CCCCCCC(C)C)(C(S)CCCCCCC(C)C)C(CC[CH]S)C(S)CCCCCCC(C)C. The summed E-state index contributed by atoms with van der Waals surface area (Å²) in [5.74, 6) is 5.56.